The second-order valence-corrected chi connectivity index (χ2v) is 8.95. The molecule has 0 unspecified atom stereocenters. The van der Waals surface area contributed by atoms with Crippen molar-refractivity contribution in [1.82, 2.24) is 4.31 Å². The molecular weight excluding hydrogens is 379 g/mol. The molecule has 0 aromatic heterocycles. The summed E-state index contributed by atoms with van der Waals surface area (Å²) in [6.07, 6.45) is 1.00. The average Bonchev–Trinajstić information content (AvgIpc) is 3.08. The van der Waals surface area contributed by atoms with Crippen LogP contribution in [0.3, 0.4) is 0 Å². The number of hydrogen-bond acceptors (Lipinski definition) is 5. The van der Waals surface area contributed by atoms with Crippen molar-refractivity contribution >= 4 is 21.8 Å². The summed E-state index contributed by atoms with van der Waals surface area (Å²) in [5.41, 5.74) is -4.40. The standard InChI is InChI=1S/C15H18F3NO4S2/c16-15(17,18)24-12-1-3-13(4-2-12)25(20,21)19-7-5-11(6-8-19)14-22-9-10-23-14/h1-4,11,14H,5-10H2. The van der Waals surface area contributed by atoms with E-state index in [4.69, 9.17) is 9.47 Å². The number of thioether (sulfide) groups is 1. The van der Waals surface area contributed by atoms with E-state index >= 15 is 0 Å². The Morgan fingerprint density at radius 2 is 1.60 bits per heavy atom. The zero-order valence-corrected chi connectivity index (χ0v) is 14.9. The van der Waals surface area contributed by atoms with E-state index in [-0.39, 0.29) is 33.8 Å². The number of piperidine rings is 1. The Morgan fingerprint density at radius 1 is 1.04 bits per heavy atom. The Bertz CT molecular complexity index is 680. The van der Waals surface area contributed by atoms with Crippen molar-refractivity contribution in [2.24, 2.45) is 5.92 Å². The van der Waals surface area contributed by atoms with Gasteiger partial charge in [0, 0.05) is 23.9 Å². The van der Waals surface area contributed by atoms with Gasteiger partial charge in [0.05, 0.1) is 18.1 Å². The van der Waals surface area contributed by atoms with Gasteiger partial charge in [-0.1, -0.05) is 0 Å². The Kier molecular flexibility index (Phi) is 5.64. The Labute approximate surface area is 148 Å². The number of alkyl halides is 3. The molecule has 1 aromatic rings. The maximum absolute atomic E-state index is 12.6. The molecule has 2 saturated heterocycles. The lowest BCUT2D eigenvalue weighted by molar-refractivity contribution is -0.0938. The van der Waals surface area contributed by atoms with Gasteiger partial charge >= 0.3 is 5.51 Å². The summed E-state index contributed by atoms with van der Waals surface area (Å²) >= 11 is -0.266. The summed E-state index contributed by atoms with van der Waals surface area (Å²) in [6, 6.07) is 4.80. The molecule has 25 heavy (non-hydrogen) atoms. The highest BCUT2D eigenvalue weighted by atomic mass is 32.2. The van der Waals surface area contributed by atoms with Crippen molar-refractivity contribution < 1.29 is 31.1 Å². The smallest absolute Gasteiger partial charge is 0.350 e. The average molecular weight is 397 g/mol. The van der Waals surface area contributed by atoms with Crippen LogP contribution in [0.4, 0.5) is 13.2 Å². The fourth-order valence-electron chi connectivity index (χ4n) is 3.00. The lowest BCUT2D eigenvalue weighted by atomic mass is 9.98. The van der Waals surface area contributed by atoms with Crippen LogP contribution >= 0.6 is 11.8 Å². The van der Waals surface area contributed by atoms with Crippen LogP contribution < -0.4 is 0 Å². The molecule has 0 aliphatic carbocycles. The van der Waals surface area contributed by atoms with Gasteiger partial charge < -0.3 is 9.47 Å². The third-order valence-electron chi connectivity index (χ3n) is 4.23. The van der Waals surface area contributed by atoms with Gasteiger partial charge in [-0.15, -0.1) is 0 Å². The molecule has 0 amide bonds. The first-order valence-electron chi connectivity index (χ1n) is 7.85. The van der Waals surface area contributed by atoms with Crippen LogP contribution in [0.2, 0.25) is 0 Å². The molecule has 2 fully saturated rings. The Hall–Kier alpha value is -0.810. The molecular formula is C15H18F3NO4S2. The molecule has 0 radical (unpaired) electrons. The molecule has 5 nitrogen and oxygen atoms in total. The number of nitrogens with zero attached hydrogens (tertiary/aromatic N) is 1. The van der Waals surface area contributed by atoms with Gasteiger partial charge in [-0.2, -0.15) is 17.5 Å². The maximum Gasteiger partial charge on any atom is 0.446 e. The summed E-state index contributed by atoms with van der Waals surface area (Å²) in [5.74, 6) is 0.166. The topological polar surface area (TPSA) is 55.8 Å². The summed E-state index contributed by atoms with van der Waals surface area (Å²) in [7, 11) is -3.71. The normalized spacial score (nSPS) is 21.7. The van der Waals surface area contributed by atoms with E-state index in [9.17, 15) is 21.6 Å². The zero-order chi connectivity index (χ0) is 18.1. The van der Waals surface area contributed by atoms with Crippen molar-refractivity contribution in [1.29, 1.82) is 0 Å². The minimum atomic E-state index is -4.40. The molecule has 1 aromatic carbocycles. The number of benzene rings is 1. The predicted octanol–water partition coefficient (Wildman–Crippen LogP) is 3.07. The maximum atomic E-state index is 12.6. The van der Waals surface area contributed by atoms with Gasteiger partial charge in [0.2, 0.25) is 10.0 Å². The number of sulfonamides is 1. The van der Waals surface area contributed by atoms with E-state index in [0.29, 0.717) is 39.1 Å². The number of hydrogen-bond donors (Lipinski definition) is 0. The van der Waals surface area contributed by atoms with E-state index in [1.165, 1.54) is 28.6 Å². The highest BCUT2D eigenvalue weighted by Crippen LogP contribution is 2.37. The van der Waals surface area contributed by atoms with Crippen LogP contribution in [-0.4, -0.2) is 50.8 Å². The van der Waals surface area contributed by atoms with Crippen LogP contribution in [-0.2, 0) is 19.5 Å². The SMILES string of the molecule is O=S(=O)(c1ccc(SC(F)(F)F)cc1)N1CCC(C2OCCO2)CC1. The monoisotopic (exact) mass is 397 g/mol. The molecule has 0 saturated carbocycles. The summed E-state index contributed by atoms with van der Waals surface area (Å²) in [4.78, 5) is -0.0356. The van der Waals surface area contributed by atoms with Crippen molar-refractivity contribution in [3.05, 3.63) is 24.3 Å². The number of halogens is 3. The molecule has 0 spiro atoms. The molecule has 2 heterocycles. The van der Waals surface area contributed by atoms with Gasteiger partial charge in [-0.25, -0.2) is 8.42 Å². The minimum absolute atomic E-state index is 0.00541. The van der Waals surface area contributed by atoms with Gasteiger partial charge in [0.1, 0.15) is 0 Å². The van der Waals surface area contributed by atoms with Gasteiger partial charge in [-0.3, -0.25) is 0 Å². The van der Waals surface area contributed by atoms with E-state index in [1.807, 2.05) is 0 Å². The highest BCUT2D eigenvalue weighted by Gasteiger charge is 2.35. The quantitative estimate of drug-likeness (QED) is 0.731. The Morgan fingerprint density at radius 3 is 2.12 bits per heavy atom. The lowest BCUT2D eigenvalue weighted by Crippen LogP contribution is -2.41. The first-order valence-corrected chi connectivity index (χ1v) is 10.1. The first kappa shape index (κ1) is 19.0. The highest BCUT2D eigenvalue weighted by molar-refractivity contribution is 8.00. The van der Waals surface area contributed by atoms with E-state index < -0.39 is 15.5 Å². The van der Waals surface area contributed by atoms with Gasteiger partial charge in [0.25, 0.3) is 0 Å². The van der Waals surface area contributed by atoms with E-state index in [0.717, 1.165) is 0 Å². The van der Waals surface area contributed by atoms with Gasteiger partial charge in [-0.05, 0) is 48.9 Å². The van der Waals surface area contributed by atoms with Crippen molar-refractivity contribution in [2.45, 2.75) is 34.4 Å². The van der Waals surface area contributed by atoms with Crippen LogP contribution in [0, 0.1) is 5.92 Å². The molecule has 2 aliphatic rings. The van der Waals surface area contributed by atoms with E-state index in [2.05, 4.69) is 0 Å². The molecule has 0 N–H and O–H groups in total. The van der Waals surface area contributed by atoms with Crippen LogP contribution in [0.15, 0.2) is 34.1 Å². The Balaban J connectivity index is 1.63. The minimum Gasteiger partial charge on any atom is -0.350 e. The van der Waals surface area contributed by atoms with Gasteiger partial charge in [0.15, 0.2) is 6.29 Å². The molecule has 140 valence electrons. The molecule has 2 aliphatic heterocycles. The third-order valence-corrected chi connectivity index (χ3v) is 6.88. The van der Waals surface area contributed by atoms with Crippen LogP contribution in [0.1, 0.15) is 12.8 Å². The lowest BCUT2D eigenvalue weighted by Gasteiger charge is -2.33. The molecule has 0 bridgehead atoms. The zero-order valence-electron chi connectivity index (χ0n) is 13.2. The summed E-state index contributed by atoms with van der Waals surface area (Å²) in [5, 5.41) is 0. The molecule has 0 atom stereocenters. The second-order valence-electron chi connectivity index (χ2n) is 5.87. The predicted molar refractivity (Wildman–Crippen MR) is 85.5 cm³/mol. The first-order chi connectivity index (χ1) is 11.8. The molecule has 3 rings (SSSR count). The summed E-state index contributed by atoms with van der Waals surface area (Å²) < 4.78 is 74.6. The largest absolute Gasteiger partial charge is 0.446 e. The van der Waals surface area contributed by atoms with E-state index in [1.54, 1.807) is 0 Å². The van der Waals surface area contributed by atoms with Crippen molar-refractivity contribution in [3.8, 4) is 0 Å². The van der Waals surface area contributed by atoms with Crippen molar-refractivity contribution in [2.75, 3.05) is 26.3 Å². The van der Waals surface area contributed by atoms with Crippen LogP contribution in [0.5, 0.6) is 0 Å². The van der Waals surface area contributed by atoms with Crippen LogP contribution in [0.25, 0.3) is 0 Å². The fourth-order valence-corrected chi connectivity index (χ4v) is 5.01. The number of ether oxygens (including phenoxy) is 2. The fraction of sp³-hybridized carbons (Fsp3) is 0.600. The van der Waals surface area contributed by atoms with Crippen molar-refractivity contribution in [3.63, 3.8) is 0 Å². The number of rotatable bonds is 4. The second kappa shape index (κ2) is 7.43. The third kappa shape index (κ3) is 4.68. The molecule has 10 heteroatoms. The summed E-state index contributed by atoms with van der Waals surface area (Å²) in [6.45, 7) is 1.81.